The molecule has 1 saturated heterocycles. The Balaban J connectivity index is 1.56. The van der Waals surface area contributed by atoms with Gasteiger partial charge in [0.1, 0.15) is 5.82 Å². The van der Waals surface area contributed by atoms with Crippen molar-refractivity contribution >= 4 is 5.82 Å². The number of piperidine rings is 1. The molecule has 22 heavy (non-hydrogen) atoms. The molecule has 1 atom stereocenters. The van der Waals surface area contributed by atoms with Crippen LogP contribution in [0.25, 0.3) is 0 Å². The van der Waals surface area contributed by atoms with Crippen molar-refractivity contribution in [1.29, 1.82) is 0 Å². The van der Waals surface area contributed by atoms with Gasteiger partial charge in [0.05, 0.1) is 29.7 Å². The highest BCUT2D eigenvalue weighted by Crippen LogP contribution is 2.32. The molecule has 0 bridgehead atoms. The van der Waals surface area contributed by atoms with E-state index >= 15 is 0 Å². The summed E-state index contributed by atoms with van der Waals surface area (Å²) in [5.74, 6) is 0.832. The first-order valence-corrected chi connectivity index (χ1v) is 8.65. The standard InChI is InChI=1S/C17H28N4O/c1-21-11-5-2-6-15(21)14-12-18-13-16(20-14)19-10-9-17(22)7-3-4-8-17/h12-13,15,22H,2-11H2,1H3,(H,19,20)/t15-/m0/s1. The zero-order valence-electron chi connectivity index (χ0n) is 13.6. The highest BCUT2D eigenvalue weighted by atomic mass is 16.3. The van der Waals surface area contributed by atoms with Crippen LogP contribution in [0.1, 0.15) is 63.1 Å². The van der Waals surface area contributed by atoms with Gasteiger partial charge in [-0.2, -0.15) is 0 Å². The fourth-order valence-corrected chi connectivity index (χ4v) is 3.78. The van der Waals surface area contributed by atoms with E-state index < -0.39 is 5.60 Å². The number of nitrogens with zero attached hydrogens (tertiary/aromatic N) is 3. The maximum absolute atomic E-state index is 10.4. The van der Waals surface area contributed by atoms with E-state index in [1.165, 1.54) is 12.8 Å². The van der Waals surface area contributed by atoms with Crippen LogP contribution in [-0.2, 0) is 0 Å². The van der Waals surface area contributed by atoms with Gasteiger partial charge in [0.15, 0.2) is 0 Å². The maximum atomic E-state index is 10.4. The normalized spacial score (nSPS) is 25.3. The van der Waals surface area contributed by atoms with Crippen LogP contribution in [0.15, 0.2) is 12.4 Å². The summed E-state index contributed by atoms with van der Waals surface area (Å²) in [5, 5.41) is 13.7. The summed E-state index contributed by atoms with van der Waals surface area (Å²) in [6.07, 6.45) is 12.3. The highest BCUT2D eigenvalue weighted by Gasteiger charge is 2.30. The molecule has 122 valence electrons. The fraction of sp³-hybridized carbons (Fsp3) is 0.765. The molecule has 2 N–H and O–H groups in total. The van der Waals surface area contributed by atoms with E-state index in [1.807, 2.05) is 6.20 Å². The second kappa shape index (κ2) is 6.92. The van der Waals surface area contributed by atoms with Crippen LogP contribution in [-0.4, -0.2) is 45.7 Å². The van der Waals surface area contributed by atoms with Gasteiger partial charge in [-0.25, -0.2) is 4.98 Å². The fourth-order valence-electron chi connectivity index (χ4n) is 3.78. The van der Waals surface area contributed by atoms with E-state index in [1.54, 1.807) is 6.20 Å². The van der Waals surface area contributed by atoms with Gasteiger partial charge in [-0.15, -0.1) is 0 Å². The average molecular weight is 304 g/mol. The Morgan fingerprint density at radius 3 is 2.86 bits per heavy atom. The van der Waals surface area contributed by atoms with Gasteiger partial charge in [-0.05, 0) is 45.7 Å². The Hall–Kier alpha value is -1.20. The Morgan fingerprint density at radius 2 is 2.09 bits per heavy atom. The molecular weight excluding hydrogens is 276 g/mol. The van der Waals surface area contributed by atoms with Gasteiger partial charge in [0.25, 0.3) is 0 Å². The van der Waals surface area contributed by atoms with Gasteiger partial charge in [0.2, 0.25) is 0 Å². The molecular formula is C17H28N4O. The second-order valence-corrected chi connectivity index (χ2v) is 6.93. The van der Waals surface area contributed by atoms with Crippen molar-refractivity contribution in [2.24, 2.45) is 0 Å². The monoisotopic (exact) mass is 304 g/mol. The quantitative estimate of drug-likeness (QED) is 0.876. The summed E-state index contributed by atoms with van der Waals surface area (Å²) in [6, 6.07) is 0.391. The first-order chi connectivity index (χ1) is 10.7. The highest BCUT2D eigenvalue weighted by molar-refractivity contribution is 5.32. The predicted octanol–water partition coefficient (Wildman–Crippen LogP) is 2.74. The van der Waals surface area contributed by atoms with E-state index in [4.69, 9.17) is 4.98 Å². The number of aromatic nitrogens is 2. The third kappa shape index (κ3) is 3.76. The summed E-state index contributed by atoms with van der Waals surface area (Å²) in [7, 11) is 2.17. The lowest BCUT2D eigenvalue weighted by molar-refractivity contribution is 0.0424. The molecule has 0 amide bonds. The Labute approximate surface area is 133 Å². The number of aliphatic hydroxyl groups is 1. The van der Waals surface area contributed by atoms with Crippen LogP contribution in [0, 0.1) is 0 Å². The zero-order valence-corrected chi connectivity index (χ0v) is 13.6. The Kier molecular flexibility index (Phi) is 4.93. The molecule has 0 radical (unpaired) electrons. The molecule has 2 aliphatic rings. The molecule has 0 aromatic carbocycles. The van der Waals surface area contributed by atoms with Crippen LogP contribution >= 0.6 is 0 Å². The Bertz CT molecular complexity index is 487. The van der Waals surface area contributed by atoms with Gasteiger partial charge < -0.3 is 10.4 Å². The first-order valence-electron chi connectivity index (χ1n) is 8.65. The first kappa shape index (κ1) is 15.7. The van der Waals surface area contributed by atoms with E-state index in [0.717, 1.165) is 63.1 Å². The number of nitrogens with one attached hydrogen (secondary N) is 1. The summed E-state index contributed by atoms with van der Waals surface area (Å²) in [4.78, 5) is 11.5. The zero-order chi connectivity index (χ0) is 15.4. The van der Waals surface area contributed by atoms with E-state index in [-0.39, 0.29) is 0 Å². The topological polar surface area (TPSA) is 61.3 Å². The summed E-state index contributed by atoms with van der Waals surface area (Å²) in [6.45, 7) is 1.90. The van der Waals surface area contributed by atoms with Crippen LogP contribution in [0.5, 0.6) is 0 Å². The van der Waals surface area contributed by atoms with Gasteiger partial charge >= 0.3 is 0 Å². The molecule has 2 fully saturated rings. The van der Waals surface area contributed by atoms with Crippen molar-refractivity contribution < 1.29 is 5.11 Å². The van der Waals surface area contributed by atoms with Crippen LogP contribution in [0.3, 0.4) is 0 Å². The minimum atomic E-state index is -0.457. The molecule has 5 nitrogen and oxygen atoms in total. The lowest BCUT2D eigenvalue weighted by Crippen LogP contribution is -2.30. The minimum Gasteiger partial charge on any atom is -0.390 e. The number of hydrogen-bond donors (Lipinski definition) is 2. The predicted molar refractivity (Wildman–Crippen MR) is 87.8 cm³/mol. The van der Waals surface area contributed by atoms with E-state index in [2.05, 4.69) is 22.2 Å². The van der Waals surface area contributed by atoms with Crippen molar-refractivity contribution in [3.05, 3.63) is 18.1 Å². The van der Waals surface area contributed by atoms with E-state index in [9.17, 15) is 5.11 Å². The SMILES string of the molecule is CN1CCCC[C@H]1c1cncc(NCCC2(O)CCCC2)n1. The number of likely N-dealkylation sites (tertiary alicyclic amines) is 1. The molecule has 2 heterocycles. The maximum Gasteiger partial charge on any atom is 0.144 e. The molecule has 1 aliphatic heterocycles. The third-order valence-electron chi connectivity index (χ3n) is 5.20. The number of rotatable bonds is 5. The van der Waals surface area contributed by atoms with Crippen LogP contribution in [0.2, 0.25) is 0 Å². The van der Waals surface area contributed by atoms with Crippen molar-refractivity contribution in [3.8, 4) is 0 Å². The lowest BCUT2D eigenvalue weighted by Gasteiger charge is -2.31. The second-order valence-electron chi connectivity index (χ2n) is 6.93. The lowest BCUT2D eigenvalue weighted by atomic mass is 9.98. The molecule has 0 unspecified atom stereocenters. The third-order valence-corrected chi connectivity index (χ3v) is 5.20. The number of anilines is 1. The van der Waals surface area contributed by atoms with Crippen molar-refractivity contribution in [3.63, 3.8) is 0 Å². The van der Waals surface area contributed by atoms with Crippen molar-refractivity contribution in [2.45, 2.75) is 63.0 Å². The molecule has 5 heteroatoms. The van der Waals surface area contributed by atoms with Crippen molar-refractivity contribution in [1.82, 2.24) is 14.9 Å². The van der Waals surface area contributed by atoms with Crippen molar-refractivity contribution in [2.75, 3.05) is 25.5 Å². The van der Waals surface area contributed by atoms with E-state index in [0.29, 0.717) is 6.04 Å². The molecule has 1 aromatic heterocycles. The summed E-state index contributed by atoms with van der Waals surface area (Å²) >= 11 is 0. The minimum absolute atomic E-state index is 0.391. The number of hydrogen-bond acceptors (Lipinski definition) is 5. The van der Waals surface area contributed by atoms with Gasteiger partial charge in [-0.1, -0.05) is 19.3 Å². The molecule has 1 saturated carbocycles. The average Bonchev–Trinajstić information content (AvgIpc) is 2.95. The smallest absolute Gasteiger partial charge is 0.144 e. The molecule has 1 aliphatic carbocycles. The summed E-state index contributed by atoms with van der Waals surface area (Å²) in [5.41, 5.74) is 0.605. The summed E-state index contributed by atoms with van der Waals surface area (Å²) < 4.78 is 0. The molecule has 3 rings (SSSR count). The van der Waals surface area contributed by atoms with Crippen LogP contribution in [0.4, 0.5) is 5.82 Å². The van der Waals surface area contributed by atoms with Gasteiger partial charge in [0, 0.05) is 6.54 Å². The Morgan fingerprint density at radius 1 is 1.27 bits per heavy atom. The molecule has 1 aromatic rings. The molecule has 0 spiro atoms. The van der Waals surface area contributed by atoms with Gasteiger partial charge in [-0.3, -0.25) is 9.88 Å². The largest absolute Gasteiger partial charge is 0.390 e. The van der Waals surface area contributed by atoms with Crippen LogP contribution < -0.4 is 5.32 Å².